The second-order valence-electron chi connectivity index (χ2n) is 15.3. The van der Waals surface area contributed by atoms with Gasteiger partial charge in [-0.1, -0.05) is 114 Å². The molecular weight excluding hydrogens is 737 g/mol. The molecule has 1 heterocycles. The van der Waals surface area contributed by atoms with Gasteiger partial charge >= 0.3 is 23.9 Å². The molecule has 1 saturated carbocycles. The fourth-order valence-electron chi connectivity index (χ4n) is 7.44. The Labute approximate surface area is 343 Å². The molecule has 0 unspecified atom stereocenters. The van der Waals surface area contributed by atoms with Crippen LogP contribution in [0.2, 0.25) is 0 Å². The highest BCUT2D eigenvalue weighted by Gasteiger charge is 2.47. The third-order valence-electron chi connectivity index (χ3n) is 11.0. The van der Waals surface area contributed by atoms with E-state index >= 15 is 0 Å². The highest BCUT2D eigenvalue weighted by Crippen LogP contribution is 2.39. The normalized spacial score (nSPS) is 19.3. The Morgan fingerprint density at radius 2 is 1.14 bits per heavy atom. The maximum Gasteiger partial charge on any atom is 0.343 e. The number of carbonyl (C=O) groups is 4. The van der Waals surface area contributed by atoms with Gasteiger partial charge in [0.05, 0.1) is 25.4 Å². The molecule has 0 bridgehead atoms. The quantitative estimate of drug-likeness (QED) is 0.0319. The van der Waals surface area contributed by atoms with E-state index in [9.17, 15) is 19.2 Å². The fourth-order valence-corrected chi connectivity index (χ4v) is 7.44. The molecule has 1 saturated heterocycles. The summed E-state index contributed by atoms with van der Waals surface area (Å²) in [6, 6.07) is 22.8. The molecule has 10 nitrogen and oxygen atoms in total. The lowest BCUT2D eigenvalue weighted by molar-refractivity contribution is -0.163. The van der Waals surface area contributed by atoms with E-state index in [-0.39, 0.29) is 19.2 Å². The van der Waals surface area contributed by atoms with Crippen molar-refractivity contribution in [3.05, 3.63) is 102 Å². The maximum absolute atomic E-state index is 13.1. The smallest absolute Gasteiger partial charge is 0.343 e. The Morgan fingerprint density at radius 3 is 1.71 bits per heavy atom. The second kappa shape index (κ2) is 23.6. The molecule has 0 N–H and O–H groups in total. The average molecular weight is 797 g/mol. The van der Waals surface area contributed by atoms with Gasteiger partial charge in [-0.2, -0.15) is 0 Å². The Hall–Kier alpha value is -4.80. The predicted molar refractivity (Wildman–Crippen MR) is 221 cm³/mol. The minimum Gasteiger partial charge on any atom is -0.464 e. The zero-order valence-electron chi connectivity index (χ0n) is 34.2. The second-order valence-corrected chi connectivity index (χ2v) is 15.3. The molecule has 3 aromatic carbocycles. The van der Waals surface area contributed by atoms with Gasteiger partial charge in [0.15, 0.2) is 18.5 Å². The molecule has 2 aliphatic rings. The summed E-state index contributed by atoms with van der Waals surface area (Å²) in [7, 11) is 0. The molecule has 0 amide bonds. The van der Waals surface area contributed by atoms with Crippen LogP contribution in [0.25, 0.3) is 11.1 Å². The molecule has 5 rings (SSSR count). The summed E-state index contributed by atoms with van der Waals surface area (Å²) in [6.45, 7) is 8.32. The highest BCUT2D eigenvalue weighted by molar-refractivity contribution is 5.91. The van der Waals surface area contributed by atoms with Crippen LogP contribution in [-0.4, -0.2) is 55.9 Å². The maximum atomic E-state index is 13.1. The van der Waals surface area contributed by atoms with Gasteiger partial charge < -0.3 is 28.4 Å². The highest BCUT2D eigenvalue weighted by atomic mass is 16.8. The van der Waals surface area contributed by atoms with E-state index < -0.39 is 36.4 Å². The van der Waals surface area contributed by atoms with Gasteiger partial charge in [-0.05, 0) is 97.7 Å². The van der Waals surface area contributed by atoms with E-state index in [0.29, 0.717) is 42.2 Å². The minimum atomic E-state index is -1.26. The molecule has 10 heteroatoms. The van der Waals surface area contributed by atoms with E-state index in [1.807, 2.05) is 26.0 Å². The standard InChI is InChI=1S/C48H60O10/c1-4-7-31-54-46(51)43-44(47(52)55-32-8-5-2)58-48(57-43)40-27-29-41(30-28-40)56-45(50)39-25-23-38(24-26-39)37-21-19-36(20-22-37)35-17-15-34(16-18-35)14-12-10-9-11-13-33-53-42(49)6-3/h6,19-30,34-35,43-44,48H,3-5,7-18,31-33H2,1-2H3/t34-,35-,43-,44-/m1/s1. The number of benzene rings is 3. The number of hydrogen-bond donors (Lipinski definition) is 0. The molecule has 2 fully saturated rings. The zero-order valence-corrected chi connectivity index (χ0v) is 34.2. The van der Waals surface area contributed by atoms with Crippen LogP contribution in [0.4, 0.5) is 0 Å². The van der Waals surface area contributed by atoms with Crippen LogP contribution in [-0.2, 0) is 38.1 Å². The summed E-state index contributed by atoms with van der Waals surface area (Å²) in [5.41, 5.74) is 4.47. The van der Waals surface area contributed by atoms with Crippen molar-refractivity contribution >= 4 is 23.9 Å². The number of hydrogen-bond acceptors (Lipinski definition) is 10. The topological polar surface area (TPSA) is 124 Å². The molecule has 0 aromatic heterocycles. The lowest BCUT2D eigenvalue weighted by atomic mass is 9.77. The fraction of sp³-hybridized carbons (Fsp3) is 0.500. The van der Waals surface area contributed by atoms with E-state index in [4.69, 9.17) is 28.4 Å². The van der Waals surface area contributed by atoms with Gasteiger partial charge in [0.2, 0.25) is 0 Å². The van der Waals surface area contributed by atoms with Gasteiger partial charge in [0, 0.05) is 11.6 Å². The Morgan fingerprint density at radius 1 is 0.621 bits per heavy atom. The van der Waals surface area contributed by atoms with Crippen molar-refractivity contribution in [2.45, 2.75) is 128 Å². The zero-order chi connectivity index (χ0) is 41.1. The van der Waals surface area contributed by atoms with Crippen LogP contribution in [0.15, 0.2) is 85.5 Å². The molecule has 0 radical (unpaired) electrons. The van der Waals surface area contributed by atoms with Gasteiger partial charge in [0.1, 0.15) is 5.75 Å². The lowest BCUT2D eigenvalue weighted by Gasteiger charge is -2.29. The third-order valence-corrected chi connectivity index (χ3v) is 11.0. The van der Waals surface area contributed by atoms with E-state index in [1.54, 1.807) is 36.4 Å². The summed E-state index contributed by atoms with van der Waals surface area (Å²) in [6.07, 6.45) is 12.8. The van der Waals surface area contributed by atoms with Crippen molar-refractivity contribution in [2.24, 2.45) is 5.92 Å². The largest absolute Gasteiger partial charge is 0.464 e. The molecule has 1 aliphatic carbocycles. The first-order chi connectivity index (χ1) is 28.3. The monoisotopic (exact) mass is 796 g/mol. The first-order valence-electron chi connectivity index (χ1n) is 21.3. The summed E-state index contributed by atoms with van der Waals surface area (Å²) < 4.78 is 33.1. The SMILES string of the molecule is C=CC(=O)OCCCCCCC[C@H]1CC[C@H](c2ccc(-c3ccc(C(=O)Oc4ccc(C5O[C@@H](C(=O)OCCCC)[C@H](C(=O)OCCCC)O5)cc4)cc3)cc2)CC1. The molecule has 0 spiro atoms. The van der Waals surface area contributed by atoms with Crippen LogP contribution >= 0.6 is 0 Å². The molecule has 2 atom stereocenters. The average Bonchev–Trinajstić information content (AvgIpc) is 3.71. The van der Waals surface area contributed by atoms with Crippen molar-refractivity contribution < 1.29 is 47.6 Å². The van der Waals surface area contributed by atoms with Crippen LogP contribution in [0, 0.1) is 5.92 Å². The molecular formula is C48H60O10. The third kappa shape index (κ3) is 13.4. The Balaban J connectivity index is 1.06. The van der Waals surface area contributed by atoms with Crippen LogP contribution in [0.5, 0.6) is 5.75 Å². The molecule has 1 aliphatic heterocycles. The number of unbranched alkanes of at least 4 members (excludes halogenated alkanes) is 6. The number of rotatable bonds is 22. The Kier molecular flexibility index (Phi) is 18.0. The predicted octanol–water partition coefficient (Wildman–Crippen LogP) is 10.4. The first-order valence-corrected chi connectivity index (χ1v) is 21.3. The van der Waals surface area contributed by atoms with Crippen molar-refractivity contribution in [3.8, 4) is 16.9 Å². The number of ether oxygens (including phenoxy) is 6. The van der Waals surface area contributed by atoms with Crippen molar-refractivity contribution in [1.82, 2.24) is 0 Å². The van der Waals surface area contributed by atoms with Crippen molar-refractivity contribution in [2.75, 3.05) is 19.8 Å². The van der Waals surface area contributed by atoms with E-state index in [0.717, 1.165) is 42.7 Å². The van der Waals surface area contributed by atoms with Gasteiger partial charge in [-0.25, -0.2) is 19.2 Å². The van der Waals surface area contributed by atoms with Crippen molar-refractivity contribution in [1.29, 1.82) is 0 Å². The Bertz CT molecular complexity index is 1710. The van der Waals surface area contributed by atoms with E-state index in [1.165, 1.54) is 63.0 Å². The summed E-state index contributed by atoms with van der Waals surface area (Å²) in [5, 5.41) is 0. The van der Waals surface area contributed by atoms with E-state index in [2.05, 4.69) is 30.8 Å². The van der Waals surface area contributed by atoms with Crippen LogP contribution in [0.1, 0.15) is 137 Å². The molecule has 3 aromatic rings. The molecule has 58 heavy (non-hydrogen) atoms. The summed E-state index contributed by atoms with van der Waals surface area (Å²) >= 11 is 0. The number of carbonyl (C=O) groups excluding carboxylic acids is 4. The lowest BCUT2D eigenvalue weighted by Crippen LogP contribution is -2.39. The van der Waals surface area contributed by atoms with Crippen LogP contribution in [0.3, 0.4) is 0 Å². The van der Waals surface area contributed by atoms with Gasteiger partial charge in [-0.15, -0.1) is 0 Å². The first kappa shape index (κ1) is 44.3. The molecule has 312 valence electrons. The van der Waals surface area contributed by atoms with Gasteiger partial charge in [0.25, 0.3) is 0 Å². The minimum absolute atomic E-state index is 0.222. The number of esters is 4. The summed E-state index contributed by atoms with van der Waals surface area (Å²) in [4.78, 5) is 49.8. The van der Waals surface area contributed by atoms with Gasteiger partial charge in [-0.3, -0.25) is 0 Å². The van der Waals surface area contributed by atoms with Crippen LogP contribution < -0.4 is 4.74 Å². The van der Waals surface area contributed by atoms with Crippen molar-refractivity contribution in [3.63, 3.8) is 0 Å². The summed E-state index contributed by atoms with van der Waals surface area (Å²) in [5.74, 6) is -0.438.